The summed E-state index contributed by atoms with van der Waals surface area (Å²) in [6.45, 7) is 5.23. The van der Waals surface area contributed by atoms with E-state index in [-0.39, 0.29) is 31.3 Å². The molecule has 0 aliphatic rings. The number of amides is 1. The minimum atomic E-state index is -0.532. The second-order valence-corrected chi connectivity index (χ2v) is 6.76. The van der Waals surface area contributed by atoms with Crippen molar-refractivity contribution in [2.24, 2.45) is 5.41 Å². The summed E-state index contributed by atoms with van der Waals surface area (Å²) in [4.78, 5) is 34.9. The number of hydrogen-bond acceptors (Lipinski definition) is 4. The van der Waals surface area contributed by atoms with Crippen LogP contribution >= 0.6 is 15.9 Å². The van der Waals surface area contributed by atoms with Gasteiger partial charge in [-0.15, -0.1) is 0 Å². The van der Waals surface area contributed by atoms with E-state index in [1.54, 1.807) is 45.0 Å². The third kappa shape index (κ3) is 6.39. The summed E-state index contributed by atoms with van der Waals surface area (Å²) in [6, 6.07) is 6.89. The zero-order chi connectivity index (χ0) is 16.8. The number of nitrogens with one attached hydrogen (secondary N) is 1. The highest BCUT2D eigenvalue weighted by Gasteiger charge is 2.22. The molecule has 0 aliphatic heterocycles. The maximum absolute atomic E-state index is 11.8. The number of halogens is 1. The topological polar surface area (TPSA) is 72.5 Å². The Morgan fingerprint density at radius 2 is 1.73 bits per heavy atom. The van der Waals surface area contributed by atoms with E-state index in [1.165, 1.54) is 0 Å². The lowest BCUT2D eigenvalue weighted by atomic mass is 9.91. The number of hydrogen-bond donors (Lipinski definition) is 1. The van der Waals surface area contributed by atoms with Crippen LogP contribution in [-0.2, 0) is 14.3 Å². The van der Waals surface area contributed by atoms with Crippen molar-refractivity contribution in [3.05, 3.63) is 34.3 Å². The van der Waals surface area contributed by atoms with Crippen LogP contribution in [0, 0.1) is 5.41 Å². The Hall–Kier alpha value is -1.69. The first kappa shape index (κ1) is 18.4. The molecule has 0 fully saturated rings. The second kappa shape index (κ2) is 8.08. The molecular weight excluding hydrogens is 350 g/mol. The van der Waals surface area contributed by atoms with Gasteiger partial charge in [-0.3, -0.25) is 14.4 Å². The number of ether oxygens (including phenoxy) is 1. The monoisotopic (exact) mass is 369 g/mol. The number of rotatable bonds is 6. The highest BCUT2D eigenvalue weighted by atomic mass is 79.9. The van der Waals surface area contributed by atoms with Gasteiger partial charge in [0.2, 0.25) is 0 Å². The van der Waals surface area contributed by atoms with E-state index in [9.17, 15) is 14.4 Å². The third-order valence-electron chi connectivity index (χ3n) is 2.92. The molecule has 0 heterocycles. The molecule has 0 bridgehead atoms. The van der Waals surface area contributed by atoms with Gasteiger partial charge in [0.15, 0.2) is 12.4 Å². The van der Waals surface area contributed by atoms with Crippen molar-refractivity contribution in [2.75, 3.05) is 13.2 Å². The van der Waals surface area contributed by atoms with Gasteiger partial charge in [-0.25, -0.2) is 0 Å². The summed E-state index contributed by atoms with van der Waals surface area (Å²) < 4.78 is 5.77. The van der Waals surface area contributed by atoms with Gasteiger partial charge in [0.05, 0.1) is 6.42 Å². The fraction of sp³-hybridized carbons (Fsp3) is 0.438. The van der Waals surface area contributed by atoms with E-state index in [0.29, 0.717) is 5.56 Å². The van der Waals surface area contributed by atoms with Gasteiger partial charge in [-0.1, -0.05) is 36.7 Å². The summed E-state index contributed by atoms with van der Waals surface area (Å²) >= 11 is 3.29. The smallest absolute Gasteiger partial charge is 0.308 e. The van der Waals surface area contributed by atoms with Crippen molar-refractivity contribution >= 4 is 33.6 Å². The molecule has 6 heteroatoms. The van der Waals surface area contributed by atoms with E-state index in [0.717, 1.165) is 4.47 Å². The van der Waals surface area contributed by atoms with Crippen LogP contribution in [0.2, 0.25) is 0 Å². The van der Waals surface area contributed by atoms with Crippen molar-refractivity contribution < 1.29 is 19.1 Å². The highest BCUT2D eigenvalue weighted by molar-refractivity contribution is 9.10. The number of carbonyl (C=O) groups is 3. The Balaban J connectivity index is 2.29. The van der Waals surface area contributed by atoms with Gasteiger partial charge in [-0.05, 0) is 24.3 Å². The normalized spacial score (nSPS) is 10.9. The van der Waals surface area contributed by atoms with E-state index in [2.05, 4.69) is 21.2 Å². The number of ketones is 1. The molecular formula is C16H20BrNO4. The zero-order valence-corrected chi connectivity index (χ0v) is 14.5. The quantitative estimate of drug-likeness (QED) is 0.782. The third-order valence-corrected chi connectivity index (χ3v) is 3.45. The maximum Gasteiger partial charge on any atom is 0.308 e. The molecule has 1 amide bonds. The van der Waals surface area contributed by atoms with E-state index >= 15 is 0 Å². The first-order valence-corrected chi connectivity index (χ1v) is 7.72. The largest absolute Gasteiger partial charge is 0.458 e. The van der Waals surface area contributed by atoms with Gasteiger partial charge < -0.3 is 10.1 Å². The van der Waals surface area contributed by atoms with Crippen LogP contribution in [-0.4, -0.2) is 30.8 Å². The van der Waals surface area contributed by atoms with Crippen molar-refractivity contribution in [3.63, 3.8) is 0 Å². The molecule has 120 valence electrons. The number of esters is 1. The molecule has 1 aromatic carbocycles. The molecule has 0 radical (unpaired) electrons. The number of benzene rings is 1. The molecule has 1 rings (SSSR count). The highest BCUT2D eigenvalue weighted by Crippen LogP contribution is 2.14. The fourth-order valence-electron chi connectivity index (χ4n) is 1.42. The predicted octanol–water partition coefficient (Wildman–Crippen LogP) is 2.73. The molecule has 0 aromatic heterocycles. The molecule has 1 N–H and O–H groups in total. The van der Waals surface area contributed by atoms with Gasteiger partial charge in [0.25, 0.3) is 5.91 Å². The first-order valence-electron chi connectivity index (χ1n) is 6.93. The Kier molecular flexibility index (Phi) is 6.74. The van der Waals surface area contributed by atoms with Crippen molar-refractivity contribution in [3.8, 4) is 0 Å². The fourth-order valence-corrected chi connectivity index (χ4v) is 1.68. The number of carbonyl (C=O) groups excluding carboxylic acids is 3. The van der Waals surface area contributed by atoms with Gasteiger partial charge in [0, 0.05) is 22.0 Å². The SMILES string of the molecule is CC(C)(C)C(=O)COC(=O)CCNC(=O)c1ccc(Br)cc1. The minimum absolute atomic E-state index is 0.0275. The van der Waals surface area contributed by atoms with Gasteiger partial charge in [0.1, 0.15) is 0 Å². The van der Waals surface area contributed by atoms with Crippen LogP contribution < -0.4 is 5.32 Å². The molecule has 0 saturated heterocycles. The van der Waals surface area contributed by atoms with E-state index in [4.69, 9.17) is 4.74 Å². The van der Waals surface area contributed by atoms with Gasteiger partial charge >= 0.3 is 5.97 Å². The predicted molar refractivity (Wildman–Crippen MR) is 86.5 cm³/mol. The summed E-state index contributed by atoms with van der Waals surface area (Å²) in [6.07, 6.45) is 0.0275. The molecule has 0 saturated carbocycles. The van der Waals surface area contributed by atoms with Crippen LogP contribution in [0.1, 0.15) is 37.6 Å². The molecule has 0 aliphatic carbocycles. The molecule has 5 nitrogen and oxygen atoms in total. The van der Waals surface area contributed by atoms with Crippen LogP contribution in [0.4, 0.5) is 0 Å². The van der Waals surface area contributed by atoms with E-state index < -0.39 is 11.4 Å². The van der Waals surface area contributed by atoms with E-state index in [1.807, 2.05) is 0 Å². The van der Waals surface area contributed by atoms with Crippen molar-refractivity contribution in [1.82, 2.24) is 5.32 Å². The lowest BCUT2D eigenvalue weighted by Gasteiger charge is -2.16. The zero-order valence-electron chi connectivity index (χ0n) is 12.9. The Bertz CT molecular complexity index is 546. The standard InChI is InChI=1S/C16H20BrNO4/c1-16(2,3)13(19)10-22-14(20)8-9-18-15(21)11-4-6-12(17)7-5-11/h4-7H,8-10H2,1-3H3,(H,18,21). The van der Waals surface area contributed by atoms with Crippen LogP contribution in [0.5, 0.6) is 0 Å². The van der Waals surface area contributed by atoms with Crippen LogP contribution in [0.3, 0.4) is 0 Å². The molecule has 0 spiro atoms. The van der Waals surface area contributed by atoms with Crippen LogP contribution in [0.15, 0.2) is 28.7 Å². The average Bonchev–Trinajstić information content (AvgIpc) is 2.44. The Morgan fingerprint density at radius 3 is 2.27 bits per heavy atom. The minimum Gasteiger partial charge on any atom is -0.458 e. The molecule has 0 atom stereocenters. The first-order chi connectivity index (χ1) is 10.2. The summed E-state index contributed by atoms with van der Waals surface area (Å²) in [7, 11) is 0. The maximum atomic E-state index is 11.8. The summed E-state index contributed by atoms with van der Waals surface area (Å²) in [5, 5.41) is 2.63. The average molecular weight is 370 g/mol. The van der Waals surface area contributed by atoms with Crippen LogP contribution in [0.25, 0.3) is 0 Å². The summed E-state index contributed by atoms with van der Waals surface area (Å²) in [5.74, 6) is -0.903. The lowest BCUT2D eigenvalue weighted by molar-refractivity contribution is -0.149. The van der Waals surface area contributed by atoms with Crippen molar-refractivity contribution in [1.29, 1.82) is 0 Å². The van der Waals surface area contributed by atoms with Crippen molar-refractivity contribution in [2.45, 2.75) is 27.2 Å². The Morgan fingerprint density at radius 1 is 1.14 bits per heavy atom. The summed E-state index contributed by atoms with van der Waals surface area (Å²) in [5.41, 5.74) is -0.0183. The molecule has 22 heavy (non-hydrogen) atoms. The second-order valence-electron chi connectivity index (χ2n) is 5.85. The van der Waals surface area contributed by atoms with Gasteiger partial charge in [-0.2, -0.15) is 0 Å². The lowest BCUT2D eigenvalue weighted by Crippen LogP contribution is -2.29. The Labute approximate surface area is 138 Å². The molecule has 1 aromatic rings. The molecule has 0 unspecified atom stereocenters. The number of Topliss-reactive ketones (excluding diaryl/α,β-unsaturated/α-hetero) is 1.